The van der Waals surface area contributed by atoms with Crippen LogP contribution in [0, 0.1) is 0 Å². The first-order valence-corrected chi connectivity index (χ1v) is 9.31. The second kappa shape index (κ2) is 9.09. The molecular formula is C19H19N3O4S. The molecule has 2 aromatic rings. The van der Waals surface area contributed by atoms with E-state index in [4.69, 9.17) is 4.74 Å². The van der Waals surface area contributed by atoms with Crippen LogP contribution >= 0.6 is 11.8 Å². The Morgan fingerprint density at radius 1 is 1.07 bits per heavy atom. The van der Waals surface area contributed by atoms with E-state index >= 15 is 0 Å². The molecule has 0 unspecified atom stereocenters. The average Bonchev–Trinajstić information content (AvgIpc) is 2.98. The molecular weight excluding hydrogens is 366 g/mol. The fraction of sp³-hybridized carbons (Fsp3) is 0.211. The van der Waals surface area contributed by atoms with E-state index < -0.39 is 0 Å². The van der Waals surface area contributed by atoms with Crippen LogP contribution in [0.2, 0.25) is 0 Å². The summed E-state index contributed by atoms with van der Waals surface area (Å²) < 4.78 is 5.59. The van der Waals surface area contributed by atoms with Gasteiger partial charge in [0.1, 0.15) is 12.4 Å². The number of urea groups is 1. The first kappa shape index (κ1) is 18.8. The summed E-state index contributed by atoms with van der Waals surface area (Å²) in [6.07, 6.45) is 0.490. The van der Waals surface area contributed by atoms with E-state index in [2.05, 4.69) is 16.0 Å². The lowest BCUT2D eigenvalue weighted by atomic mass is 10.1. The highest BCUT2D eigenvalue weighted by Crippen LogP contribution is 2.23. The molecule has 3 rings (SSSR count). The zero-order chi connectivity index (χ0) is 19.1. The van der Waals surface area contributed by atoms with Gasteiger partial charge in [0.2, 0.25) is 5.91 Å². The molecule has 1 heterocycles. The molecule has 8 heteroatoms. The largest absolute Gasteiger partial charge is 0.492 e. The minimum Gasteiger partial charge on any atom is -0.492 e. The van der Waals surface area contributed by atoms with Gasteiger partial charge in [-0.15, -0.1) is 0 Å². The molecule has 2 aromatic carbocycles. The van der Waals surface area contributed by atoms with Crippen LogP contribution in [-0.2, 0) is 11.2 Å². The smallest absolute Gasteiger partial charge is 0.319 e. The second-order valence-corrected chi connectivity index (χ2v) is 7.00. The Kier molecular flexibility index (Phi) is 6.32. The number of thioether (sulfide) groups is 1. The molecule has 3 N–H and O–H groups in total. The van der Waals surface area contributed by atoms with E-state index in [0.717, 1.165) is 23.0 Å². The highest BCUT2D eigenvalue weighted by molar-refractivity contribution is 8.15. The van der Waals surface area contributed by atoms with Gasteiger partial charge in [-0.1, -0.05) is 42.1 Å². The van der Waals surface area contributed by atoms with E-state index in [1.54, 1.807) is 24.3 Å². The standard InChI is InChI=1S/C19H19N3O4S/c23-17-16(27-19(25)22-17)12-13-6-8-15(9-7-13)26-11-10-20-18(24)21-14-4-2-1-3-5-14/h1-9,16H,10-12H2,(H2,20,21,24)(H,22,23,25)/t16-/m0/s1. The Labute approximate surface area is 160 Å². The van der Waals surface area contributed by atoms with Crippen molar-refractivity contribution in [2.75, 3.05) is 18.5 Å². The van der Waals surface area contributed by atoms with Crippen molar-refractivity contribution in [3.63, 3.8) is 0 Å². The van der Waals surface area contributed by atoms with Crippen LogP contribution in [0.1, 0.15) is 5.56 Å². The molecule has 0 saturated carbocycles. The van der Waals surface area contributed by atoms with Crippen molar-refractivity contribution in [2.45, 2.75) is 11.7 Å². The number of hydrogen-bond acceptors (Lipinski definition) is 5. The zero-order valence-corrected chi connectivity index (χ0v) is 15.3. The lowest BCUT2D eigenvalue weighted by Gasteiger charge is -2.10. The number of benzene rings is 2. The third kappa shape index (κ3) is 5.75. The molecule has 140 valence electrons. The summed E-state index contributed by atoms with van der Waals surface area (Å²) in [5, 5.41) is 7.04. The molecule has 0 spiro atoms. The van der Waals surface area contributed by atoms with E-state index in [1.165, 1.54) is 0 Å². The minimum atomic E-state index is -0.378. The van der Waals surface area contributed by atoms with Crippen LogP contribution in [0.4, 0.5) is 15.3 Å². The molecule has 0 radical (unpaired) electrons. The predicted molar refractivity (Wildman–Crippen MR) is 104 cm³/mol. The predicted octanol–water partition coefficient (Wildman–Crippen LogP) is 2.78. The van der Waals surface area contributed by atoms with Gasteiger partial charge in [-0.3, -0.25) is 14.9 Å². The van der Waals surface area contributed by atoms with Crippen molar-refractivity contribution in [3.8, 4) is 5.75 Å². The minimum absolute atomic E-state index is 0.245. The molecule has 1 saturated heterocycles. The Morgan fingerprint density at radius 3 is 2.48 bits per heavy atom. The Bertz CT molecular complexity index is 811. The van der Waals surface area contributed by atoms with E-state index in [1.807, 2.05) is 30.3 Å². The van der Waals surface area contributed by atoms with Crippen LogP contribution < -0.4 is 20.7 Å². The number of amides is 4. The normalized spacial score (nSPS) is 15.9. The second-order valence-electron chi connectivity index (χ2n) is 5.83. The van der Waals surface area contributed by atoms with E-state index in [0.29, 0.717) is 25.3 Å². The van der Waals surface area contributed by atoms with Crippen molar-refractivity contribution in [1.29, 1.82) is 0 Å². The summed E-state index contributed by atoms with van der Waals surface area (Å²) in [5.74, 6) is 0.425. The van der Waals surface area contributed by atoms with Gasteiger partial charge in [-0.25, -0.2) is 4.79 Å². The van der Waals surface area contributed by atoms with Gasteiger partial charge in [0.05, 0.1) is 11.8 Å². The van der Waals surface area contributed by atoms with Gasteiger partial charge in [0.15, 0.2) is 0 Å². The number of imide groups is 1. The number of para-hydroxylation sites is 1. The average molecular weight is 385 g/mol. The maximum Gasteiger partial charge on any atom is 0.319 e. The number of carbonyl (C=O) groups is 3. The molecule has 7 nitrogen and oxygen atoms in total. The van der Waals surface area contributed by atoms with Crippen molar-refractivity contribution in [2.24, 2.45) is 0 Å². The molecule has 1 atom stereocenters. The first-order chi connectivity index (χ1) is 13.1. The van der Waals surface area contributed by atoms with Crippen LogP contribution in [0.3, 0.4) is 0 Å². The summed E-state index contributed by atoms with van der Waals surface area (Å²) in [6.45, 7) is 0.693. The Hall–Kier alpha value is -3.00. The van der Waals surface area contributed by atoms with Gasteiger partial charge in [0, 0.05) is 5.69 Å². The van der Waals surface area contributed by atoms with Gasteiger partial charge in [-0.05, 0) is 36.2 Å². The number of nitrogens with one attached hydrogen (secondary N) is 3. The molecule has 27 heavy (non-hydrogen) atoms. The van der Waals surface area contributed by atoms with Crippen LogP contribution in [-0.4, -0.2) is 35.6 Å². The summed E-state index contributed by atoms with van der Waals surface area (Å²) in [7, 11) is 0. The summed E-state index contributed by atoms with van der Waals surface area (Å²) in [6, 6.07) is 16.2. The Balaban J connectivity index is 1.37. The highest BCUT2D eigenvalue weighted by atomic mass is 32.2. The van der Waals surface area contributed by atoms with Crippen LogP contribution in [0.25, 0.3) is 0 Å². The maximum absolute atomic E-state index is 11.7. The number of rotatable bonds is 7. The van der Waals surface area contributed by atoms with Gasteiger partial charge < -0.3 is 15.4 Å². The molecule has 1 aliphatic heterocycles. The van der Waals surface area contributed by atoms with Gasteiger partial charge in [0.25, 0.3) is 5.24 Å². The summed E-state index contributed by atoms with van der Waals surface area (Å²) in [5.41, 5.74) is 1.67. The number of anilines is 1. The summed E-state index contributed by atoms with van der Waals surface area (Å²) >= 11 is 1.02. The lowest BCUT2D eigenvalue weighted by molar-refractivity contribution is -0.118. The molecule has 0 aliphatic carbocycles. The molecule has 4 amide bonds. The lowest BCUT2D eigenvalue weighted by Crippen LogP contribution is -2.32. The van der Waals surface area contributed by atoms with Gasteiger partial charge >= 0.3 is 6.03 Å². The van der Waals surface area contributed by atoms with Crippen LogP contribution in [0.5, 0.6) is 5.75 Å². The van der Waals surface area contributed by atoms with E-state index in [9.17, 15) is 14.4 Å². The maximum atomic E-state index is 11.7. The molecule has 1 fully saturated rings. The SMILES string of the molecule is O=C(NCCOc1ccc(C[C@@H]2SC(=O)NC2=O)cc1)Nc1ccccc1. The number of carbonyl (C=O) groups excluding carboxylic acids is 3. The fourth-order valence-corrected chi connectivity index (χ4v) is 3.35. The van der Waals surface area contributed by atoms with Gasteiger partial charge in [-0.2, -0.15) is 0 Å². The number of ether oxygens (including phenoxy) is 1. The van der Waals surface area contributed by atoms with E-state index in [-0.39, 0.29) is 22.4 Å². The monoisotopic (exact) mass is 385 g/mol. The van der Waals surface area contributed by atoms with Crippen molar-refractivity contribution >= 4 is 34.6 Å². The third-order valence-corrected chi connectivity index (χ3v) is 4.78. The molecule has 1 aliphatic rings. The summed E-state index contributed by atoms with van der Waals surface area (Å²) in [4.78, 5) is 34.5. The zero-order valence-electron chi connectivity index (χ0n) is 14.4. The number of hydrogen-bond donors (Lipinski definition) is 3. The Morgan fingerprint density at radius 2 is 1.81 bits per heavy atom. The molecule has 0 aromatic heterocycles. The van der Waals surface area contributed by atoms with Crippen molar-refractivity contribution in [3.05, 3.63) is 60.2 Å². The topological polar surface area (TPSA) is 96.5 Å². The van der Waals surface area contributed by atoms with Crippen molar-refractivity contribution < 1.29 is 19.1 Å². The fourth-order valence-electron chi connectivity index (χ4n) is 2.49. The first-order valence-electron chi connectivity index (χ1n) is 8.43. The highest BCUT2D eigenvalue weighted by Gasteiger charge is 2.31. The van der Waals surface area contributed by atoms with Crippen molar-refractivity contribution in [1.82, 2.24) is 10.6 Å². The quantitative estimate of drug-likeness (QED) is 0.637. The molecule has 0 bridgehead atoms. The van der Waals surface area contributed by atoms with Crippen LogP contribution in [0.15, 0.2) is 54.6 Å². The third-order valence-electron chi connectivity index (χ3n) is 3.80.